The molecule has 0 amide bonds. The molecule has 0 bridgehead atoms. The summed E-state index contributed by atoms with van der Waals surface area (Å²) in [4.78, 5) is 13.8. The standard InChI is InChI=1S/C32H29F4NO2.ClH/c33-14-3-15-37-19-22(20-37)16-21-8-10-23(11-9-21)30-28(25-4-1-6-27(18-25)32(34,35)36)7-2-5-24-17-26(31(38)39)12-13-29(24)30;/h1,4,6,8-13,16-18H,2-3,5,7,14-15,19-20H2,(H,38,39);1H. The van der Waals surface area contributed by atoms with Crippen molar-refractivity contribution in [3.63, 3.8) is 0 Å². The van der Waals surface area contributed by atoms with E-state index in [0.29, 0.717) is 31.2 Å². The molecule has 1 saturated heterocycles. The maximum absolute atomic E-state index is 13.6. The van der Waals surface area contributed by atoms with Gasteiger partial charge in [0.25, 0.3) is 0 Å². The predicted octanol–water partition coefficient (Wildman–Crippen LogP) is 8.18. The van der Waals surface area contributed by atoms with Gasteiger partial charge >= 0.3 is 12.1 Å². The molecule has 0 unspecified atom stereocenters. The molecule has 3 nitrogen and oxygen atoms in total. The number of carboxylic acids is 1. The van der Waals surface area contributed by atoms with E-state index in [2.05, 4.69) is 11.0 Å². The molecule has 0 radical (unpaired) electrons. The number of hydrogen-bond acceptors (Lipinski definition) is 2. The van der Waals surface area contributed by atoms with Crippen LogP contribution in [-0.4, -0.2) is 42.3 Å². The summed E-state index contributed by atoms with van der Waals surface area (Å²) in [6, 6.07) is 18.4. The van der Waals surface area contributed by atoms with Crippen molar-refractivity contribution >= 4 is 35.6 Å². The Hall–Kier alpha value is -3.42. The smallest absolute Gasteiger partial charge is 0.416 e. The quantitative estimate of drug-likeness (QED) is 0.291. The molecule has 2 aliphatic rings. The number of fused-ring (bicyclic) bond motifs is 1. The molecule has 1 heterocycles. The van der Waals surface area contributed by atoms with E-state index in [9.17, 15) is 27.5 Å². The van der Waals surface area contributed by atoms with Gasteiger partial charge in [-0.25, -0.2) is 4.79 Å². The first-order valence-corrected chi connectivity index (χ1v) is 13.1. The Balaban J connectivity index is 0.00000370. The summed E-state index contributed by atoms with van der Waals surface area (Å²) in [5, 5.41) is 9.52. The lowest BCUT2D eigenvalue weighted by molar-refractivity contribution is -0.137. The maximum Gasteiger partial charge on any atom is 0.416 e. The van der Waals surface area contributed by atoms with Gasteiger partial charge < -0.3 is 5.11 Å². The van der Waals surface area contributed by atoms with Gasteiger partial charge in [0, 0.05) is 19.6 Å². The summed E-state index contributed by atoms with van der Waals surface area (Å²) in [5.74, 6) is -1.01. The molecule has 0 saturated carbocycles. The number of carboxylic acid groups (broad SMARTS) is 1. The van der Waals surface area contributed by atoms with Gasteiger partial charge in [-0.3, -0.25) is 9.29 Å². The van der Waals surface area contributed by atoms with Gasteiger partial charge in [0.05, 0.1) is 17.8 Å². The summed E-state index contributed by atoms with van der Waals surface area (Å²) < 4.78 is 53.1. The number of benzene rings is 3. The van der Waals surface area contributed by atoms with Crippen LogP contribution in [0.2, 0.25) is 0 Å². The number of allylic oxidation sites excluding steroid dienone is 1. The predicted molar refractivity (Wildman–Crippen MR) is 152 cm³/mol. The summed E-state index contributed by atoms with van der Waals surface area (Å²) >= 11 is 0. The van der Waals surface area contributed by atoms with Gasteiger partial charge in [-0.05, 0) is 94.5 Å². The van der Waals surface area contributed by atoms with Crippen molar-refractivity contribution in [1.82, 2.24) is 4.90 Å². The van der Waals surface area contributed by atoms with Crippen LogP contribution in [0.5, 0.6) is 0 Å². The monoisotopic (exact) mass is 571 g/mol. The van der Waals surface area contributed by atoms with Crippen LogP contribution in [0.25, 0.3) is 17.2 Å². The molecule has 3 aromatic carbocycles. The SMILES string of the molecule is Cl.O=C(O)c1ccc2c(c1)CCCC(c1cccc(C(F)(F)F)c1)=C2c1ccc(C=C2CN(CCCF)C2)cc1. The lowest BCUT2D eigenvalue weighted by Crippen LogP contribution is -2.40. The van der Waals surface area contributed by atoms with Gasteiger partial charge in [0.1, 0.15) is 0 Å². The second-order valence-corrected chi connectivity index (χ2v) is 10.1. The van der Waals surface area contributed by atoms with Gasteiger partial charge in [0.2, 0.25) is 0 Å². The molecule has 40 heavy (non-hydrogen) atoms. The van der Waals surface area contributed by atoms with E-state index >= 15 is 0 Å². The lowest BCUT2D eigenvalue weighted by atomic mass is 9.86. The van der Waals surface area contributed by atoms with Crippen molar-refractivity contribution < 1.29 is 27.5 Å². The van der Waals surface area contributed by atoms with Crippen molar-refractivity contribution in [1.29, 1.82) is 0 Å². The Labute approximate surface area is 237 Å². The van der Waals surface area contributed by atoms with Gasteiger partial charge in [0.15, 0.2) is 0 Å². The summed E-state index contributed by atoms with van der Waals surface area (Å²) in [5.41, 5.74) is 6.55. The topological polar surface area (TPSA) is 40.5 Å². The van der Waals surface area contributed by atoms with E-state index < -0.39 is 17.7 Å². The fourth-order valence-corrected chi connectivity index (χ4v) is 5.46. The molecule has 210 valence electrons. The number of aryl methyl sites for hydroxylation is 1. The van der Waals surface area contributed by atoms with Crippen molar-refractivity contribution in [2.24, 2.45) is 0 Å². The second kappa shape index (κ2) is 12.4. The first kappa shape index (κ1) is 29.6. The summed E-state index contributed by atoms with van der Waals surface area (Å²) in [6.45, 7) is 2.09. The van der Waals surface area contributed by atoms with E-state index in [4.69, 9.17) is 0 Å². The fourth-order valence-electron chi connectivity index (χ4n) is 5.46. The number of alkyl halides is 4. The molecule has 1 N–H and O–H groups in total. The first-order chi connectivity index (χ1) is 18.7. The molecule has 3 aromatic rings. The highest BCUT2D eigenvalue weighted by atomic mass is 35.5. The van der Waals surface area contributed by atoms with Gasteiger partial charge in [-0.2, -0.15) is 13.2 Å². The number of hydrogen-bond donors (Lipinski definition) is 1. The minimum Gasteiger partial charge on any atom is -0.478 e. The molecule has 0 spiro atoms. The van der Waals surface area contributed by atoms with Crippen LogP contribution in [-0.2, 0) is 12.6 Å². The van der Waals surface area contributed by atoms with E-state index in [-0.39, 0.29) is 24.6 Å². The third-order valence-electron chi connectivity index (χ3n) is 7.37. The van der Waals surface area contributed by atoms with Crippen LogP contribution in [0, 0.1) is 0 Å². The van der Waals surface area contributed by atoms with Crippen LogP contribution in [0.3, 0.4) is 0 Å². The Morgan fingerprint density at radius 1 is 0.950 bits per heavy atom. The zero-order valence-electron chi connectivity index (χ0n) is 21.8. The van der Waals surface area contributed by atoms with Crippen molar-refractivity contribution in [3.8, 4) is 0 Å². The molecule has 1 aliphatic heterocycles. The molecular formula is C32H30ClF4NO2. The number of carbonyl (C=O) groups is 1. The molecule has 1 aliphatic carbocycles. The van der Waals surface area contributed by atoms with Crippen molar-refractivity contribution in [3.05, 3.63) is 111 Å². The molecular weight excluding hydrogens is 542 g/mol. The highest BCUT2D eigenvalue weighted by molar-refractivity contribution is 6.00. The zero-order chi connectivity index (χ0) is 27.6. The Bertz CT molecular complexity index is 1440. The normalized spacial score (nSPS) is 15.6. The third kappa shape index (κ3) is 6.48. The lowest BCUT2D eigenvalue weighted by Gasteiger charge is -2.33. The average molecular weight is 572 g/mol. The van der Waals surface area contributed by atoms with Gasteiger partial charge in [-0.1, -0.05) is 48.5 Å². The second-order valence-electron chi connectivity index (χ2n) is 10.1. The van der Waals surface area contributed by atoms with Crippen molar-refractivity contribution in [2.75, 3.05) is 26.3 Å². The van der Waals surface area contributed by atoms with Crippen molar-refractivity contribution in [2.45, 2.75) is 31.9 Å². The van der Waals surface area contributed by atoms with Crippen LogP contribution >= 0.6 is 12.4 Å². The largest absolute Gasteiger partial charge is 0.478 e. The number of likely N-dealkylation sites (tertiary alicyclic amines) is 1. The van der Waals surface area contributed by atoms with Crippen LogP contribution in [0.1, 0.15) is 63.0 Å². The van der Waals surface area contributed by atoms with E-state index in [1.54, 1.807) is 24.3 Å². The van der Waals surface area contributed by atoms with Gasteiger partial charge in [-0.15, -0.1) is 12.4 Å². The minimum absolute atomic E-state index is 0. The first-order valence-electron chi connectivity index (χ1n) is 13.1. The van der Waals surface area contributed by atoms with Crippen LogP contribution in [0.4, 0.5) is 17.6 Å². The molecule has 0 aromatic heterocycles. The molecule has 5 rings (SSSR count). The fraction of sp³-hybridized carbons (Fsp3) is 0.281. The Morgan fingerprint density at radius 2 is 1.70 bits per heavy atom. The Morgan fingerprint density at radius 3 is 2.38 bits per heavy atom. The average Bonchev–Trinajstić information content (AvgIpc) is 3.09. The molecule has 1 fully saturated rings. The van der Waals surface area contributed by atoms with Crippen LogP contribution in [0.15, 0.2) is 72.3 Å². The minimum atomic E-state index is -4.45. The molecule has 8 heteroatoms. The zero-order valence-corrected chi connectivity index (χ0v) is 22.6. The number of aromatic carboxylic acids is 1. The third-order valence-corrected chi connectivity index (χ3v) is 7.37. The number of halogens is 5. The van der Waals surface area contributed by atoms with E-state index in [0.717, 1.165) is 59.1 Å². The van der Waals surface area contributed by atoms with E-state index in [1.807, 2.05) is 24.3 Å². The van der Waals surface area contributed by atoms with Crippen LogP contribution < -0.4 is 0 Å². The van der Waals surface area contributed by atoms with E-state index in [1.165, 1.54) is 17.7 Å². The summed E-state index contributed by atoms with van der Waals surface area (Å²) in [6.07, 6.45) is 0.0978. The Kier molecular flexibility index (Phi) is 9.16. The number of nitrogens with zero attached hydrogens (tertiary/aromatic N) is 1. The molecule has 0 atom stereocenters. The maximum atomic E-state index is 13.6. The highest BCUT2D eigenvalue weighted by Gasteiger charge is 2.31. The highest BCUT2D eigenvalue weighted by Crippen LogP contribution is 2.41. The summed E-state index contributed by atoms with van der Waals surface area (Å²) in [7, 11) is 0. The number of rotatable bonds is 7.